The van der Waals surface area contributed by atoms with Crippen molar-refractivity contribution in [2.75, 3.05) is 7.11 Å². The molecule has 0 aliphatic rings. The lowest BCUT2D eigenvalue weighted by Crippen LogP contribution is -2.35. The Hall–Kier alpha value is -1.94. The van der Waals surface area contributed by atoms with Gasteiger partial charge in [-0.15, -0.1) is 0 Å². The number of aryl methyl sites for hydroxylation is 1. The van der Waals surface area contributed by atoms with E-state index >= 15 is 0 Å². The smallest absolute Gasteiger partial charge is 0.164 e. The summed E-state index contributed by atoms with van der Waals surface area (Å²) in [7, 11) is 1.54. The Balaban J connectivity index is 2.57. The molecule has 106 valence electrons. The zero-order valence-electron chi connectivity index (χ0n) is 11.7. The lowest BCUT2D eigenvalue weighted by atomic mass is 9.84. The summed E-state index contributed by atoms with van der Waals surface area (Å²) in [6, 6.07) is 10.1. The Labute approximate surface area is 117 Å². The molecule has 2 nitrogen and oxygen atoms in total. The van der Waals surface area contributed by atoms with E-state index in [-0.39, 0.29) is 11.1 Å². The summed E-state index contributed by atoms with van der Waals surface area (Å²) in [6.07, 6.45) is 0. The van der Waals surface area contributed by atoms with E-state index in [0.717, 1.165) is 0 Å². The van der Waals surface area contributed by atoms with Crippen molar-refractivity contribution in [1.29, 1.82) is 0 Å². The highest BCUT2D eigenvalue weighted by atomic mass is 19.2. The van der Waals surface area contributed by atoms with Crippen molar-refractivity contribution in [3.8, 4) is 5.75 Å². The van der Waals surface area contributed by atoms with Crippen LogP contribution in [0.15, 0.2) is 36.4 Å². The third kappa shape index (κ3) is 2.39. The molecular formula is C16H17F2NO. The number of nitrogens with two attached hydrogens (primary N) is 1. The van der Waals surface area contributed by atoms with Gasteiger partial charge in [0.25, 0.3) is 0 Å². The molecule has 0 heterocycles. The van der Waals surface area contributed by atoms with E-state index in [1.807, 2.05) is 0 Å². The lowest BCUT2D eigenvalue weighted by molar-refractivity contribution is 0.412. The second-order valence-electron chi connectivity index (χ2n) is 4.99. The zero-order valence-corrected chi connectivity index (χ0v) is 11.7. The topological polar surface area (TPSA) is 35.2 Å². The van der Waals surface area contributed by atoms with Gasteiger partial charge in [0, 0.05) is 5.56 Å². The van der Waals surface area contributed by atoms with E-state index in [1.54, 1.807) is 38.3 Å². The fourth-order valence-electron chi connectivity index (χ4n) is 2.15. The van der Waals surface area contributed by atoms with E-state index in [2.05, 4.69) is 0 Å². The molecular weight excluding hydrogens is 260 g/mol. The number of hydrogen-bond acceptors (Lipinski definition) is 2. The van der Waals surface area contributed by atoms with Crippen molar-refractivity contribution in [1.82, 2.24) is 0 Å². The van der Waals surface area contributed by atoms with Crippen molar-refractivity contribution in [3.05, 3.63) is 64.7 Å². The maximum atomic E-state index is 14.1. The molecule has 0 fully saturated rings. The molecule has 2 N–H and O–H groups in total. The third-order valence-corrected chi connectivity index (χ3v) is 3.50. The number of ether oxygens (including phenoxy) is 1. The van der Waals surface area contributed by atoms with Gasteiger partial charge in [-0.3, -0.25) is 0 Å². The molecule has 2 aromatic rings. The predicted octanol–water partition coefficient (Wildman–Crippen LogP) is 3.50. The van der Waals surface area contributed by atoms with Gasteiger partial charge in [0.05, 0.1) is 12.6 Å². The van der Waals surface area contributed by atoms with Crippen LogP contribution in [0.25, 0.3) is 0 Å². The molecule has 0 amide bonds. The number of rotatable bonds is 3. The van der Waals surface area contributed by atoms with Gasteiger partial charge >= 0.3 is 0 Å². The van der Waals surface area contributed by atoms with Gasteiger partial charge in [-0.2, -0.15) is 0 Å². The van der Waals surface area contributed by atoms with Crippen LogP contribution in [0.4, 0.5) is 8.78 Å². The van der Waals surface area contributed by atoms with Crippen LogP contribution < -0.4 is 10.5 Å². The summed E-state index contributed by atoms with van der Waals surface area (Å²) in [6.45, 7) is 3.16. The van der Waals surface area contributed by atoms with E-state index in [4.69, 9.17) is 10.5 Å². The summed E-state index contributed by atoms with van der Waals surface area (Å²) in [5.74, 6) is -1.15. The zero-order chi connectivity index (χ0) is 14.9. The second kappa shape index (κ2) is 5.21. The van der Waals surface area contributed by atoms with Gasteiger partial charge in [-0.25, -0.2) is 8.78 Å². The van der Waals surface area contributed by atoms with Gasteiger partial charge in [0.1, 0.15) is 5.75 Å². The monoisotopic (exact) mass is 277 g/mol. The molecule has 0 saturated carbocycles. The highest BCUT2D eigenvalue weighted by Crippen LogP contribution is 2.32. The van der Waals surface area contributed by atoms with Gasteiger partial charge < -0.3 is 10.5 Å². The van der Waals surface area contributed by atoms with Crippen LogP contribution in [0.2, 0.25) is 0 Å². The van der Waals surface area contributed by atoms with Crippen LogP contribution >= 0.6 is 0 Å². The molecule has 4 heteroatoms. The summed E-state index contributed by atoms with van der Waals surface area (Å²) in [5, 5.41) is 0. The van der Waals surface area contributed by atoms with Crippen LogP contribution in [-0.4, -0.2) is 7.11 Å². The molecule has 0 radical (unpaired) electrons. The van der Waals surface area contributed by atoms with Crippen LogP contribution in [0, 0.1) is 18.6 Å². The van der Waals surface area contributed by atoms with Crippen LogP contribution in [0.3, 0.4) is 0 Å². The second-order valence-corrected chi connectivity index (χ2v) is 4.99. The highest BCUT2D eigenvalue weighted by Gasteiger charge is 2.29. The molecule has 0 bridgehead atoms. The molecule has 20 heavy (non-hydrogen) atoms. The average molecular weight is 277 g/mol. The first-order valence-electron chi connectivity index (χ1n) is 6.26. The van der Waals surface area contributed by atoms with Crippen molar-refractivity contribution in [3.63, 3.8) is 0 Å². The minimum atomic E-state index is -1.15. The third-order valence-electron chi connectivity index (χ3n) is 3.50. The quantitative estimate of drug-likeness (QED) is 0.932. The first-order chi connectivity index (χ1) is 9.37. The molecule has 0 aliphatic heterocycles. The standard InChI is InChI=1S/C16H17F2NO/c1-10-7-8-13(15(18)14(10)17)16(2,19)11-5-4-6-12(9-11)20-3/h4-9H,19H2,1-3H3. The van der Waals surface area contributed by atoms with Crippen molar-refractivity contribution in [2.24, 2.45) is 5.73 Å². The van der Waals surface area contributed by atoms with Crippen molar-refractivity contribution >= 4 is 0 Å². The molecule has 1 atom stereocenters. The molecule has 2 aromatic carbocycles. The van der Waals surface area contributed by atoms with E-state index in [1.165, 1.54) is 19.1 Å². The Morgan fingerprint density at radius 3 is 2.45 bits per heavy atom. The summed E-state index contributed by atoms with van der Waals surface area (Å²) < 4.78 is 33.0. The highest BCUT2D eigenvalue weighted by molar-refractivity contribution is 5.42. The summed E-state index contributed by atoms with van der Waals surface area (Å²) in [4.78, 5) is 0. The molecule has 1 unspecified atom stereocenters. The molecule has 0 saturated heterocycles. The van der Waals surface area contributed by atoms with Crippen LogP contribution in [-0.2, 0) is 5.54 Å². The van der Waals surface area contributed by atoms with E-state index in [9.17, 15) is 8.78 Å². The Morgan fingerprint density at radius 1 is 1.10 bits per heavy atom. The van der Waals surface area contributed by atoms with Crippen LogP contribution in [0.1, 0.15) is 23.6 Å². The van der Waals surface area contributed by atoms with Gasteiger partial charge in [-0.05, 0) is 37.1 Å². The Kier molecular flexibility index (Phi) is 3.77. The lowest BCUT2D eigenvalue weighted by Gasteiger charge is -2.27. The van der Waals surface area contributed by atoms with Gasteiger partial charge in [0.2, 0.25) is 0 Å². The minimum Gasteiger partial charge on any atom is -0.497 e. The molecule has 2 rings (SSSR count). The SMILES string of the molecule is COc1cccc(C(C)(N)c2ccc(C)c(F)c2F)c1. The minimum absolute atomic E-state index is 0.119. The van der Waals surface area contributed by atoms with Crippen molar-refractivity contribution in [2.45, 2.75) is 19.4 Å². The van der Waals surface area contributed by atoms with Gasteiger partial charge in [-0.1, -0.05) is 24.3 Å². The average Bonchev–Trinajstić information content (AvgIpc) is 2.44. The van der Waals surface area contributed by atoms with Crippen molar-refractivity contribution < 1.29 is 13.5 Å². The molecule has 0 aromatic heterocycles. The Morgan fingerprint density at radius 2 is 1.80 bits per heavy atom. The fourth-order valence-corrected chi connectivity index (χ4v) is 2.15. The summed E-state index contributed by atoms with van der Waals surface area (Å²) in [5.41, 5.74) is 6.12. The van der Waals surface area contributed by atoms with Crippen LogP contribution in [0.5, 0.6) is 5.75 Å². The Bertz CT molecular complexity index is 638. The fraction of sp³-hybridized carbons (Fsp3) is 0.250. The maximum Gasteiger partial charge on any atom is 0.164 e. The largest absolute Gasteiger partial charge is 0.497 e. The number of methoxy groups -OCH3 is 1. The van der Waals surface area contributed by atoms with Gasteiger partial charge in [0.15, 0.2) is 11.6 Å². The normalized spacial score (nSPS) is 13.9. The summed E-state index contributed by atoms with van der Waals surface area (Å²) >= 11 is 0. The van der Waals surface area contributed by atoms with E-state index < -0.39 is 17.2 Å². The number of hydrogen-bond donors (Lipinski definition) is 1. The first kappa shape index (κ1) is 14.5. The maximum absolute atomic E-state index is 14.1. The number of halogens is 2. The predicted molar refractivity (Wildman–Crippen MR) is 74.7 cm³/mol. The molecule has 0 spiro atoms. The van der Waals surface area contributed by atoms with E-state index in [0.29, 0.717) is 11.3 Å². The first-order valence-corrected chi connectivity index (χ1v) is 6.26. The molecule has 0 aliphatic carbocycles. The number of benzene rings is 2.